The Hall–Kier alpha value is -1.31. The predicted octanol–water partition coefficient (Wildman–Crippen LogP) is 1.83. The predicted molar refractivity (Wildman–Crippen MR) is 76.1 cm³/mol. The van der Waals surface area contributed by atoms with Crippen LogP contribution >= 0.6 is 11.8 Å². The Morgan fingerprint density at radius 1 is 1.50 bits per heavy atom. The highest BCUT2D eigenvalue weighted by Gasteiger charge is 2.27. The second kappa shape index (κ2) is 5.59. The van der Waals surface area contributed by atoms with Crippen LogP contribution in [-0.4, -0.2) is 45.7 Å². The van der Waals surface area contributed by atoms with Gasteiger partial charge in [0.05, 0.1) is 25.2 Å². The van der Waals surface area contributed by atoms with Crippen molar-refractivity contribution in [2.24, 2.45) is 0 Å². The third-order valence-electron chi connectivity index (χ3n) is 3.49. The van der Waals surface area contributed by atoms with Crippen molar-refractivity contribution in [2.45, 2.75) is 30.3 Å². The lowest BCUT2D eigenvalue weighted by Gasteiger charge is -2.15. The molecule has 1 N–H and O–H groups in total. The minimum absolute atomic E-state index is 0.0596. The Labute approximate surface area is 121 Å². The molecule has 20 heavy (non-hydrogen) atoms. The van der Waals surface area contributed by atoms with Crippen molar-refractivity contribution in [3.8, 4) is 5.88 Å². The normalized spacial score (nSPS) is 22.6. The van der Waals surface area contributed by atoms with Gasteiger partial charge in [0.15, 0.2) is 10.8 Å². The summed E-state index contributed by atoms with van der Waals surface area (Å²) in [6.45, 7) is 0.0596. The molecule has 1 aliphatic rings. The monoisotopic (exact) mass is 295 g/mol. The van der Waals surface area contributed by atoms with Crippen LogP contribution in [0.15, 0.2) is 17.4 Å². The quantitative estimate of drug-likeness (QED) is 0.685. The SMILES string of the molecule is COc1nc(SC)nc2c1ccn2[C@H]1CC[C@@H](CO)O1. The lowest BCUT2D eigenvalue weighted by atomic mass is 10.2. The minimum atomic E-state index is -0.0843. The van der Waals surface area contributed by atoms with Gasteiger partial charge in [0.25, 0.3) is 0 Å². The van der Waals surface area contributed by atoms with E-state index >= 15 is 0 Å². The maximum atomic E-state index is 9.18. The molecule has 0 bridgehead atoms. The zero-order chi connectivity index (χ0) is 14.1. The third-order valence-corrected chi connectivity index (χ3v) is 4.04. The van der Waals surface area contributed by atoms with Crippen LogP contribution in [0.4, 0.5) is 0 Å². The van der Waals surface area contributed by atoms with Crippen LogP contribution in [-0.2, 0) is 4.74 Å². The highest BCUT2D eigenvalue weighted by atomic mass is 32.2. The number of nitrogens with zero attached hydrogens (tertiary/aromatic N) is 3. The number of rotatable bonds is 4. The average molecular weight is 295 g/mol. The summed E-state index contributed by atoms with van der Waals surface area (Å²) in [7, 11) is 1.61. The van der Waals surface area contributed by atoms with E-state index in [9.17, 15) is 5.11 Å². The Bertz CT molecular complexity index is 616. The van der Waals surface area contributed by atoms with Crippen molar-refractivity contribution in [3.63, 3.8) is 0 Å². The van der Waals surface area contributed by atoms with Gasteiger partial charge in [-0.05, 0) is 25.2 Å². The van der Waals surface area contributed by atoms with Gasteiger partial charge in [-0.15, -0.1) is 0 Å². The topological polar surface area (TPSA) is 69.4 Å². The maximum absolute atomic E-state index is 9.18. The Morgan fingerprint density at radius 2 is 2.35 bits per heavy atom. The van der Waals surface area contributed by atoms with Crippen LogP contribution in [0.3, 0.4) is 0 Å². The van der Waals surface area contributed by atoms with Gasteiger partial charge in [0.2, 0.25) is 5.88 Å². The fraction of sp³-hybridized carbons (Fsp3) is 0.538. The lowest BCUT2D eigenvalue weighted by Crippen LogP contribution is -2.14. The molecule has 2 aromatic rings. The first-order chi connectivity index (χ1) is 9.76. The number of aromatic nitrogens is 3. The summed E-state index contributed by atoms with van der Waals surface area (Å²) in [6.07, 6.45) is 5.44. The third kappa shape index (κ3) is 2.25. The Kier molecular flexibility index (Phi) is 3.82. The molecule has 108 valence electrons. The molecule has 3 heterocycles. The Morgan fingerprint density at radius 3 is 3.00 bits per heavy atom. The molecule has 0 aliphatic carbocycles. The summed E-state index contributed by atoms with van der Waals surface area (Å²) in [5, 5.41) is 10.7. The zero-order valence-corrected chi connectivity index (χ0v) is 12.3. The molecular formula is C13H17N3O3S. The van der Waals surface area contributed by atoms with Crippen molar-refractivity contribution in [1.82, 2.24) is 14.5 Å². The summed E-state index contributed by atoms with van der Waals surface area (Å²) in [5.41, 5.74) is 0.810. The number of methoxy groups -OCH3 is 1. The smallest absolute Gasteiger partial charge is 0.226 e. The largest absolute Gasteiger partial charge is 0.480 e. The molecule has 0 radical (unpaired) electrons. The minimum Gasteiger partial charge on any atom is -0.480 e. The molecule has 2 atom stereocenters. The van der Waals surface area contributed by atoms with Crippen molar-refractivity contribution in [3.05, 3.63) is 12.3 Å². The van der Waals surface area contributed by atoms with Gasteiger partial charge >= 0.3 is 0 Å². The van der Waals surface area contributed by atoms with Crippen LogP contribution in [0.1, 0.15) is 19.1 Å². The summed E-state index contributed by atoms with van der Waals surface area (Å²) in [4.78, 5) is 8.89. The van der Waals surface area contributed by atoms with E-state index in [1.54, 1.807) is 7.11 Å². The number of hydrogen-bond donors (Lipinski definition) is 1. The molecule has 7 heteroatoms. The first-order valence-corrected chi connectivity index (χ1v) is 7.72. The number of aliphatic hydroxyl groups excluding tert-OH is 1. The molecule has 0 unspecified atom stereocenters. The van der Waals surface area contributed by atoms with E-state index in [0.717, 1.165) is 23.9 Å². The van der Waals surface area contributed by atoms with E-state index in [4.69, 9.17) is 9.47 Å². The molecule has 0 spiro atoms. The van der Waals surface area contributed by atoms with E-state index < -0.39 is 0 Å². The summed E-state index contributed by atoms with van der Waals surface area (Å²) in [6, 6.07) is 1.94. The molecule has 0 aromatic carbocycles. The fourth-order valence-electron chi connectivity index (χ4n) is 2.49. The maximum Gasteiger partial charge on any atom is 0.226 e. The molecule has 0 amide bonds. The van der Waals surface area contributed by atoms with Gasteiger partial charge in [-0.2, -0.15) is 4.98 Å². The van der Waals surface area contributed by atoms with Crippen LogP contribution in [0.2, 0.25) is 0 Å². The molecule has 0 saturated carbocycles. The molecule has 1 aliphatic heterocycles. The highest BCUT2D eigenvalue weighted by Crippen LogP contribution is 2.33. The molecule has 6 nitrogen and oxygen atoms in total. The van der Waals surface area contributed by atoms with E-state index in [1.165, 1.54) is 11.8 Å². The van der Waals surface area contributed by atoms with Crippen molar-refractivity contribution >= 4 is 22.8 Å². The molecule has 1 saturated heterocycles. The standard InChI is InChI=1S/C13H17N3O3S/c1-18-12-9-5-6-16(10-4-3-8(7-17)19-10)11(9)14-13(15-12)20-2/h5-6,8,10,17H,3-4,7H2,1-2H3/t8-,10+/m0/s1. The van der Waals surface area contributed by atoms with Gasteiger partial charge in [0, 0.05) is 6.20 Å². The summed E-state index contributed by atoms with van der Waals surface area (Å²) in [5.74, 6) is 0.579. The number of hydrogen-bond acceptors (Lipinski definition) is 6. The summed E-state index contributed by atoms with van der Waals surface area (Å²) < 4.78 is 13.1. The van der Waals surface area contributed by atoms with Gasteiger partial charge in [-0.25, -0.2) is 4.98 Å². The fourth-order valence-corrected chi connectivity index (χ4v) is 2.84. The first kappa shape index (κ1) is 13.7. The Balaban J connectivity index is 2.04. The van der Waals surface area contributed by atoms with Crippen molar-refractivity contribution in [1.29, 1.82) is 0 Å². The van der Waals surface area contributed by atoms with Crippen LogP contribution < -0.4 is 4.74 Å². The second-order valence-electron chi connectivity index (χ2n) is 4.65. The molecule has 2 aromatic heterocycles. The number of thioether (sulfide) groups is 1. The van der Waals surface area contributed by atoms with Gasteiger partial charge in [0.1, 0.15) is 6.23 Å². The molecular weight excluding hydrogens is 278 g/mol. The van der Waals surface area contributed by atoms with Crippen molar-refractivity contribution < 1.29 is 14.6 Å². The van der Waals surface area contributed by atoms with Crippen LogP contribution in [0.5, 0.6) is 5.88 Å². The van der Waals surface area contributed by atoms with E-state index in [0.29, 0.717) is 11.0 Å². The number of ether oxygens (including phenoxy) is 2. The van der Waals surface area contributed by atoms with Gasteiger partial charge in [-0.3, -0.25) is 0 Å². The van der Waals surface area contributed by atoms with Gasteiger partial charge in [-0.1, -0.05) is 11.8 Å². The van der Waals surface area contributed by atoms with Crippen LogP contribution in [0.25, 0.3) is 11.0 Å². The van der Waals surface area contributed by atoms with E-state index in [-0.39, 0.29) is 18.9 Å². The second-order valence-corrected chi connectivity index (χ2v) is 5.43. The number of aliphatic hydroxyl groups is 1. The van der Waals surface area contributed by atoms with E-state index in [2.05, 4.69) is 9.97 Å². The lowest BCUT2D eigenvalue weighted by molar-refractivity contribution is -0.0205. The highest BCUT2D eigenvalue weighted by molar-refractivity contribution is 7.98. The number of fused-ring (bicyclic) bond motifs is 1. The summed E-state index contributed by atoms with van der Waals surface area (Å²) >= 11 is 1.48. The zero-order valence-electron chi connectivity index (χ0n) is 11.4. The molecule has 3 rings (SSSR count). The average Bonchev–Trinajstić information content (AvgIpc) is 3.11. The van der Waals surface area contributed by atoms with Crippen LogP contribution in [0, 0.1) is 0 Å². The van der Waals surface area contributed by atoms with Crippen molar-refractivity contribution in [2.75, 3.05) is 20.0 Å². The molecule has 1 fully saturated rings. The van der Waals surface area contributed by atoms with E-state index in [1.807, 2.05) is 23.1 Å². The van der Waals surface area contributed by atoms with Gasteiger partial charge < -0.3 is 19.1 Å². The first-order valence-electron chi connectivity index (χ1n) is 6.49.